The maximum atomic E-state index is 12.1. The quantitative estimate of drug-likeness (QED) is 0.655. The molecule has 0 atom stereocenters. The number of hydrogen-bond acceptors (Lipinski definition) is 6. The standard InChI is InChI=1S/C18H20N6O3/c1-3-24-14(9-11(2)23-24)18-22-21-16(27-18)8-7-15(25)20-13-6-4-5-12(10-13)17(19)26/h4-6,9-10H,3,7-8H2,1-2H3,(H2,19,26)(H,20,25). The van der Waals surface area contributed by atoms with Gasteiger partial charge in [-0.3, -0.25) is 14.3 Å². The highest BCUT2D eigenvalue weighted by molar-refractivity contribution is 5.96. The highest BCUT2D eigenvalue weighted by Gasteiger charge is 2.15. The van der Waals surface area contributed by atoms with E-state index in [1.54, 1.807) is 22.9 Å². The minimum absolute atomic E-state index is 0.161. The molecule has 9 heteroatoms. The van der Waals surface area contributed by atoms with Crippen LogP contribution in [0.2, 0.25) is 0 Å². The first-order valence-electron chi connectivity index (χ1n) is 8.53. The van der Waals surface area contributed by atoms with Gasteiger partial charge in [0.05, 0.1) is 5.69 Å². The summed E-state index contributed by atoms with van der Waals surface area (Å²) in [6, 6.07) is 8.32. The minimum Gasteiger partial charge on any atom is -0.419 e. The number of carbonyl (C=O) groups is 2. The number of carbonyl (C=O) groups excluding carboxylic acids is 2. The highest BCUT2D eigenvalue weighted by atomic mass is 16.4. The molecule has 3 N–H and O–H groups in total. The van der Waals surface area contributed by atoms with Crippen molar-refractivity contribution in [1.82, 2.24) is 20.0 Å². The second-order valence-electron chi connectivity index (χ2n) is 5.98. The molecule has 0 unspecified atom stereocenters. The molecule has 0 radical (unpaired) electrons. The van der Waals surface area contributed by atoms with Crippen LogP contribution in [0, 0.1) is 6.92 Å². The van der Waals surface area contributed by atoms with E-state index in [9.17, 15) is 9.59 Å². The lowest BCUT2D eigenvalue weighted by molar-refractivity contribution is -0.116. The molecule has 3 rings (SSSR count). The molecule has 0 saturated carbocycles. The van der Waals surface area contributed by atoms with E-state index in [1.165, 1.54) is 6.07 Å². The summed E-state index contributed by atoms with van der Waals surface area (Å²) in [5.41, 5.74) is 7.69. The van der Waals surface area contributed by atoms with Gasteiger partial charge in [0.25, 0.3) is 5.89 Å². The summed E-state index contributed by atoms with van der Waals surface area (Å²) in [5, 5.41) is 15.1. The fourth-order valence-electron chi connectivity index (χ4n) is 2.61. The van der Waals surface area contributed by atoms with E-state index in [0.29, 0.717) is 36.0 Å². The molecule has 27 heavy (non-hydrogen) atoms. The first-order valence-corrected chi connectivity index (χ1v) is 8.53. The van der Waals surface area contributed by atoms with Crippen molar-refractivity contribution in [3.63, 3.8) is 0 Å². The molecule has 0 fully saturated rings. The van der Waals surface area contributed by atoms with Crippen molar-refractivity contribution in [1.29, 1.82) is 0 Å². The second kappa shape index (κ2) is 7.81. The van der Waals surface area contributed by atoms with Crippen molar-refractivity contribution in [2.24, 2.45) is 5.73 Å². The van der Waals surface area contributed by atoms with Crippen LogP contribution in [0.4, 0.5) is 5.69 Å². The van der Waals surface area contributed by atoms with Crippen LogP contribution >= 0.6 is 0 Å². The Labute approximate surface area is 155 Å². The number of anilines is 1. The Hall–Kier alpha value is -3.49. The van der Waals surface area contributed by atoms with Gasteiger partial charge in [-0.05, 0) is 38.1 Å². The van der Waals surface area contributed by atoms with Crippen molar-refractivity contribution >= 4 is 17.5 Å². The van der Waals surface area contributed by atoms with E-state index in [0.717, 1.165) is 11.4 Å². The van der Waals surface area contributed by atoms with Crippen LogP contribution in [0.3, 0.4) is 0 Å². The zero-order chi connectivity index (χ0) is 19.4. The number of nitrogens with two attached hydrogens (primary N) is 1. The normalized spacial score (nSPS) is 10.7. The Morgan fingerprint density at radius 3 is 2.81 bits per heavy atom. The molecule has 0 aliphatic rings. The predicted molar refractivity (Wildman–Crippen MR) is 97.8 cm³/mol. The molecular weight excluding hydrogens is 348 g/mol. The largest absolute Gasteiger partial charge is 0.419 e. The average molecular weight is 368 g/mol. The first-order chi connectivity index (χ1) is 13.0. The van der Waals surface area contributed by atoms with Gasteiger partial charge in [-0.15, -0.1) is 10.2 Å². The monoisotopic (exact) mass is 368 g/mol. The maximum absolute atomic E-state index is 12.1. The Balaban J connectivity index is 1.60. The molecular formula is C18H20N6O3. The molecule has 1 aromatic carbocycles. The molecule has 2 heterocycles. The number of nitrogens with zero attached hydrogens (tertiary/aromatic N) is 4. The van der Waals surface area contributed by atoms with Gasteiger partial charge in [0.1, 0.15) is 5.69 Å². The number of aryl methyl sites for hydroxylation is 3. The molecule has 9 nitrogen and oxygen atoms in total. The first kappa shape index (κ1) is 18.3. The minimum atomic E-state index is -0.550. The lowest BCUT2D eigenvalue weighted by atomic mass is 10.2. The smallest absolute Gasteiger partial charge is 0.265 e. The molecule has 0 aliphatic heterocycles. The number of nitrogens with one attached hydrogen (secondary N) is 1. The summed E-state index contributed by atoms with van der Waals surface area (Å²) in [7, 11) is 0. The third-order valence-corrected chi connectivity index (χ3v) is 3.88. The van der Waals surface area contributed by atoms with Crippen molar-refractivity contribution in [3.05, 3.63) is 47.5 Å². The average Bonchev–Trinajstić information content (AvgIpc) is 3.26. The van der Waals surface area contributed by atoms with Crippen molar-refractivity contribution in [2.45, 2.75) is 33.2 Å². The van der Waals surface area contributed by atoms with Gasteiger partial charge >= 0.3 is 0 Å². The predicted octanol–water partition coefficient (Wildman–Crippen LogP) is 1.93. The van der Waals surface area contributed by atoms with E-state index < -0.39 is 5.91 Å². The number of aromatic nitrogens is 4. The fraction of sp³-hybridized carbons (Fsp3) is 0.278. The van der Waals surface area contributed by atoms with E-state index in [1.807, 2.05) is 19.9 Å². The number of amides is 2. The SMILES string of the molecule is CCn1nc(C)cc1-c1nnc(CCC(=O)Nc2cccc(C(N)=O)c2)o1. The van der Waals surface area contributed by atoms with Crippen LogP contribution in [-0.4, -0.2) is 31.8 Å². The van der Waals surface area contributed by atoms with Gasteiger partial charge in [0.2, 0.25) is 17.7 Å². The van der Waals surface area contributed by atoms with Crippen LogP contribution < -0.4 is 11.1 Å². The number of primary amides is 1. The molecule has 0 aliphatic carbocycles. The third kappa shape index (κ3) is 4.38. The maximum Gasteiger partial charge on any atom is 0.265 e. The Bertz CT molecular complexity index is 975. The zero-order valence-corrected chi connectivity index (χ0v) is 15.1. The van der Waals surface area contributed by atoms with Gasteiger partial charge in [-0.2, -0.15) is 5.10 Å². The number of hydrogen-bond donors (Lipinski definition) is 2. The van der Waals surface area contributed by atoms with Crippen LogP contribution in [0.1, 0.15) is 35.3 Å². The highest BCUT2D eigenvalue weighted by Crippen LogP contribution is 2.20. The molecule has 2 amide bonds. The van der Waals surface area contributed by atoms with Crippen LogP contribution in [0.25, 0.3) is 11.6 Å². The van der Waals surface area contributed by atoms with Gasteiger partial charge in [-0.25, -0.2) is 0 Å². The van der Waals surface area contributed by atoms with Crippen molar-refractivity contribution < 1.29 is 14.0 Å². The molecule has 2 aromatic heterocycles. The summed E-state index contributed by atoms with van der Waals surface area (Å²) in [4.78, 5) is 23.3. The van der Waals surface area contributed by atoms with Gasteiger partial charge in [0.15, 0.2) is 0 Å². The summed E-state index contributed by atoms with van der Waals surface area (Å²) in [6.45, 7) is 4.56. The summed E-state index contributed by atoms with van der Waals surface area (Å²) in [5.74, 6) is -0.0357. The van der Waals surface area contributed by atoms with Crippen LogP contribution in [0.15, 0.2) is 34.7 Å². The van der Waals surface area contributed by atoms with Crippen molar-refractivity contribution in [3.8, 4) is 11.6 Å². The lowest BCUT2D eigenvalue weighted by Crippen LogP contribution is -2.14. The van der Waals surface area contributed by atoms with Gasteiger partial charge in [-0.1, -0.05) is 6.07 Å². The third-order valence-electron chi connectivity index (χ3n) is 3.88. The molecule has 0 saturated heterocycles. The Morgan fingerprint density at radius 2 is 2.07 bits per heavy atom. The van der Waals surface area contributed by atoms with E-state index >= 15 is 0 Å². The molecule has 140 valence electrons. The van der Waals surface area contributed by atoms with Crippen molar-refractivity contribution in [2.75, 3.05) is 5.32 Å². The van der Waals surface area contributed by atoms with Gasteiger partial charge in [0, 0.05) is 30.6 Å². The molecule has 0 spiro atoms. The lowest BCUT2D eigenvalue weighted by Gasteiger charge is -2.05. The fourth-order valence-corrected chi connectivity index (χ4v) is 2.61. The molecule has 0 bridgehead atoms. The number of benzene rings is 1. The summed E-state index contributed by atoms with van der Waals surface area (Å²) < 4.78 is 7.44. The van der Waals surface area contributed by atoms with Crippen LogP contribution in [-0.2, 0) is 17.8 Å². The van der Waals surface area contributed by atoms with E-state index in [-0.39, 0.29) is 12.3 Å². The Kier molecular flexibility index (Phi) is 5.30. The Morgan fingerprint density at radius 1 is 1.26 bits per heavy atom. The summed E-state index contributed by atoms with van der Waals surface area (Å²) in [6.07, 6.45) is 0.460. The zero-order valence-electron chi connectivity index (χ0n) is 15.1. The molecule has 3 aromatic rings. The van der Waals surface area contributed by atoms with E-state index in [4.69, 9.17) is 10.2 Å². The van der Waals surface area contributed by atoms with Crippen LogP contribution in [0.5, 0.6) is 0 Å². The summed E-state index contributed by atoms with van der Waals surface area (Å²) >= 11 is 0. The second-order valence-corrected chi connectivity index (χ2v) is 5.98. The topological polar surface area (TPSA) is 129 Å². The number of rotatable bonds is 7. The van der Waals surface area contributed by atoms with Gasteiger partial charge < -0.3 is 15.5 Å². The van der Waals surface area contributed by atoms with E-state index in [2.05, 4.69) is 20.6 Å².